The van der Waals surface area contributed by atoms with Crippen LogP contribution in [0.2, 0.25) is 0 Å². The van der Waals surface area contributed by atoms with Crippen LogP contribution in [0.15, 0.2) is 24.3 Å². The molecule has 1 atom stereocenters. The molecule has 0 bridgehead atoms. The van der Waals surface area contributed by atoms with Crippen molar-refractivity contribution in [3.05, 3.63) is 40.7 Å². The third-order valence-electron chi connectivity index (χ3n) is 4.08. The maximum Gasteiger partial charge on any atom is 0.237 e. The van der Waals surface area contributed by atoms with Crippen LogP contribution in [-0.4, -0.2) is 53.2 Å². The van der Waals surface area contributed by atoms with Crippen molar-refractivity contribution in [2.75, 3.05) is 25.5 Å². The maximum absolute atomic E-state index is 13.4. The van der Waals surface area contributed by atoms with E-state index in [9.17, 15) is 14.0 Å². The number of hydrogen-bond donors (Lipinski definition) is 2. The van der Waals surface area contributed by atoms with Gasteiger partial charge in [-0.15, -0.1) is 10.2 Å². The van der Waals surface area contributed by atoms with Crippen LogP contribution in [-0.2, 0) is 27.5 Å². The molecule has 2 aromatic rings. The summed E-state index contributed by atoms with van der Waals surface area (Å²) in [6, 6.07) is 5.60. The highest BCUT2D eigenvalue weighted by Gasteiger charge is 2.31. The molecule has 2 heterocycles. The molecular weight excluding hydrogens is 373 g/mol. The minimum atomic E-state index is -0.631. The van der Waals surface area contributed by atoms with Crippen LogP contribution in [0.4, 0.5) is 9.52 Å². The number of methoxy groups -OCH3 is 1. The summed E-state index contributed by atoms with van der Waals surface area (Å²) in [6.07, 6.45) is -0.0274. The van der Waals surface area contributed by atoms with Gasteiger partial charge in [-0.25, -0.2) is 4.39 Å². The number of ether oxygens (including phenoxy) is 1. The molecule has 1 aromatic carbocycles. The molecule has 10 heteroatoms. The van der Waals surface area contributed by atoms with Crippen LogP contribution in [0.1, 0.15) is 17.0 Å². The molecule has 3 rings (SSSR count). The number of amides is 2. The first kappa shape index (κ1) is 19.3. The number of carbonyl (C=O) groups is 2. The lowest BCUT2D eigenvalue weighted by atomic mass is 10.1. The van der Waals surface area contributed by atoms with E-state index in [4.69, 9.17) is 4.74 Å². The first-order valence-corrected chi connectivity index (χ1v) is 9.24. The lowest BCUT2D eigenvalue weighted by Gasteiger charge is -2.34. The van der Waals surface area contributed by atoms with Gasteiger partial charge in [0.05, 0.1) is 12.5 Å². The first-order chi connectivity index (χ1) is 13.0. The van der Waals surface area contributed by atoms with Gasteiger partial charge in [-0.3, -0.25) is 14.5 Å². The zero-order valence-electron chi connectivity index (χ0n) is 14.8. The topological polar surface area (TPSA) is 96.5 Å². The quantitative estimate of drug-likeness (QED) is 0.733. The second-order valence-electron chi connectivity index (χ2n) is 6.09. The SMILES string of the molecule is COCc1nnc(NC(=O)C[C@H]2C(=O)NCCN2Cc2cccc(F)c2)s1. The summed E-state index contributed by atoms with van der Waals surface area (Å²) in [5.74, 6) is -0.877. The molecule has 1 aromatic heterocycles. The lowest BCUT2D eigenvalue weighted by Crippen LogP contribution is -2.55. The van der Waals surface area contributed by atoms with Crippen LogP contribution in [0.25, 0.3) is 0 Å². The highest BCUT2D eigenvalue weighted by atomic mass is 32.1. The van der Waals surface area contributed by atoms with Gasteiger partial charge in [-0.05, 0) is 17.7 Å². The normalized spacial score (nSPS) is 17.6. The number of hydrogen-bond acceptors (Lipinski definition) is 7. The van der Waals surface area contributed by atoms with E-state index in [1.807, 2.05) is 4.90 Å². The molecule has 2 N–H and O–H groups in total. The molecule has 0 saturated carbocycles. The Morgan fingerprint density at radius 2 is 2.33 bits per heavy atom. The molecule has 0 radical (unpaired) electrons. The average molecular weight is 393 g/mol. The van der Waals surface area contributed by atoms with Crippen molar-refractivity contribution in [1.82, 2.24) is 20.4 Å². The van der Waals surface area contributed by atoms with Gasteiger partial charge in [0.15, 0.2) is 0 Å². The van der Waals surface area contributed by atoms with E-state index in [2.05, 4.69) is 20.8 Å². The van der Waals surface area contributed by atoms with Crippen LogP contribution in [0, 0.1) is 5.82 Å². The summed E-state index contributed by atoms with van der Waals surface area (Å²) in [6.45, 7) is 1.78. The smallest absolute Gasteiger partial charge is 0.237 e. The number of benzene rings is 1. The Morgan fingerprint density at radius 1 is 1.48 bits per heavy atom. The van der Waals surface area contributed by atoms with Gasteiger partial charge >= 0.3 is 0 Å². The number of anilines is 1. The zero-order chi connectivity index (χ0) is 19.2. The molecule has 27 heavy (non-hydrogen) atoms. The minimum Gasteiger partial charge on any atom is -0.377 e. The monoisotopic (exact) mass is 393 g/mol. The van der Waals surface area contributed by atoms with Gasteiger partial charge in [-0.2, -0.15) is 0 Å². The summed E-state index contributed by atoms with van der Waals surface area (Å²) >= 11 is 1.22. The fourth-order valence-corrected chi connectivity index (χ4v) is 3.60. The number of rotatable bonds is 7. The van der Waals surface area contributed by atoms with Gasteiger partial charge in [0.2, 0.25) is 16.9 Å². The molecule has 1 fully saturated rings. The van der Waals surface area contributed by atoms with Gasteiger partial charge in [0, 0.05) is 26.7 Å². The van der Waals surface area contributed by atoms with Crippen LogP contribution in [0.3, 0.4) is 0 Å². The Morgan fingerprint density at radius 3 is 3.11 bits per heavy atom. The number of piperazine rings is 1. The van der Waals surface area contributed by atoms with Crippen molar-refractivity contribution < 1.29 is 18.7 Å². The number of nitrogens with zero attached hydrogens (tertiary/aromatic N) is 3. The fraction of sp³-hybridized carbons (Fsp3) is 0.412. The Balaban J connectivity index is 1.63. The van der Waals surface area contributed by atoms with Crippen LogP contribution < -0.4 is 10.6 Å². The first-order valence-electron chi connectivity index (χ1n) is 8.42. The predicted octanol–water partition coefficient (Wildman–Crippen LogP) is 1.15. The molecule has 0 aliphatic carbocycles. The Bertz CT molecular complexity index is 815. The van der Waals surface area contributed by atoms with Crippen molar-refractivity contribution in [2.45, 2.75) is 25.6 Å². The van der Waals surface area contributed by atoms with E-state index < -0.39 is 6.04 Å². The van der Waals surface area contributed by atoms with Crippen molar-refractivity contribution in [3.8, 4) is 0 Å². The number of halogens is 1. The molecule has 1 aliphatic rings. The van der Waals surface area contributed by atoms with E-state index in [0.717, 1.165) is 5.56 Å². The van der Waals surface area contributed by atoms with Crippen LogP contribution >= 0.6 is 11.3 Å². The van der Waals surface area contributed by atoms with Gasteiger partial charge in [0.1, 0.15) is 17.4 Å². The number of carbonyl (C=O) groups excluding carboxylic acids is 2. The van der Waals surface area contributed by atoms with E-state index in [1.165, 1.54) is 23.5 Å². The summed E-state index contributed by atoms with van der Waals surface area (Å²) in [4.78, 5) is 26.5. The van der Waals surface area contributed by atoms with Crippen molar-refractivity contribution in [1.29, 1.82) is 0 Å². The lowest BCUT2D eigenvalue weighted by molar-refractivity contribution is -0.132. The maximum atomic E-state index is 13.4. The van der Waals surface area contributed by atoms with Gasteiger partial charge in [0.25, 0.3) is 0 Å². The zero-order valence-corrected chi connectivity index (χ0v) is 15.6. The molecule has 144 valence electrons. The second kappa shape index (κ2) is 8.98. The van der Waals surface area contributed by atoms with E-state index >= 15 is 0 Å². The Hall–Kier alpha value is -2.43. The third-order valence-corrected chi connectivity index (χ3v) is 4.89. The Kier molecular flexibility index (Phi) is 6.43. The summed E-state index contributed by atoms with van der Waals surface area (Å²) < 4.78 is 18.4. The second-order valence-corrected chi connectivity index (χ2v) is 7.16. The highest BCUT2D eigenvalue weighted by Crippen LogP contribution is 2.18. The molecule has 0 unspecified atom stereocenters. The van der Waals surface area contributed by atoms with E-state index in [0.29, 0.717) is 36.4 Å². The molecule has 0 spiro atoms. The van der Waals surface area contributed by atoms with E-state index in [1.54, 1.807) is 19.2 Å². The number of nitrogens with one attached hydrogen (secondary N) is 2. The van der Waals surface area contributed by atoms with Gasteiger partial charge < -0.3 is 15.4 Å². The van der Waals surface area contributed by atoms with Crippen molar-refractivity contribution in [3.63, 3.8) is 0 Å². The van der Waals surface area contributed by atoms with Gasteiger partial charge in [-0.1, -0.05) is 23.5 Å². The standard InChI is InChI=1S/C17H20FN5O3S/c1-26-10-15-21-22-17(27-15)20-14(24)8-13-16(25)19-5-6-23(13)9-11-3-2-4-12(18)7-11/h2-4,7,13H,5-6,8-10H2,1H3,(H,19,25)(H,20,22,24)/t13-/m0/s1. The molecule has 1 aliphatic heterocycles. The van der Waals surface area contributed by atoms with Crippen molar-refractivity contribution in [2.24, 2.45) is 0 Å². The summed E-state index contributed by atoms with van der Waals surface area (Å²) in [5, 5.41) is 14.2. The van der Waals surface area contributed by atoms with Crippen molar-refractivity contribution >= 4 is 28.3 Å². The fourth-order valence-electron chi connectivity index (χ4n) is 2.87. The molecule has 1 saturated heterocycles. The average Bonchev–Trinajstić information content (AvgIpc) is 3.05. The predicted molar refractivity (Wildman–Crippen MR) is 97.5 cm³/mol. The Labute approximate surface area is 159 Å². The summed E-state index contributed by atoms with van der Waals surface area (Å²) in [7, 11) is 1.55. The molecule has 2 amide bonds. The number of aromatic nitrogens is 2. The summed E-state index contributed by atoms with van der Waals surface area (Å²) in [5.41, 5.74) is 0.753. The highest BCUT2D eigenvalue weighted by molar-refractivity contribution is 7.15. The molecule has 8 nitrogen and oxygen atoms in total. The largest absolute Gasteiger partial charge is 0.377 e. The van der Waals surface area contributed by atoms with Crippen LogP contribution in [0.5, 0.6) is 0 Å². The van der Waals surface area contributed by atoms with E-state index in [-0.39, 0.29) is 24.1 Å². The minimum absolute atomic E-state index is 0.0274. The third kappa shape index (κ3) is 5.28. The molecular formula is C17H20FN5O3S.